The van der Waals surface area contributed by atoms with Crippen molar-refractivity contribution >= 4 is 0 Å². The van der Waals surface area contributed by atoms with E-state index in [0.29, 0.717) is 12.1 Å². The van der Waals surface area contributed by atoms with Crippen LogP contribution in [0.5, 0.6) is 0 Å². The van der Waals surface area contributed by atoms with E-state index < -0.39 is 0 Å². The van der Waals surface area contributed by atoms with Gasteiger partial charge in [0.2, 0.25) is 0 Å². The Kier molecular flexibility index (Phi) is 4.85. The van der Waals surface area contributed by atoms with Crippen LogP contribution in [0.15, 0.2) is 0 Å². The largest absolute Gasteiger partial charge is 0.383 e. The fourth-order valence-electron chi connectivity index (χ4n) is 2.24. The Morgan fingerprint density at radius 1 is 1.36 bits per heavy atom. The number of methoxy groups -OCH3 is 1. The van der Waals surface area contributed by atoms with Crippen molar-refractivity contribution in [1.29, 1.82) is 0 Å². The summed E-state index contributed by atoms with van der Waals surface area (Å²) in [7, 11) is 1.80. The van der Waals surface area contributed by atoms with E-state index in [1.807, 2.05) is 0 Å². The number of hydrogen-bond donors (Lipinski definition) is 0. The maximum atomic E-state index is 5.29. The van der Waals surface area contributed by atoms with E-state index in [-0.39, 0.29) is 0 Å². The molecular formula is C11H24N2O. The molecule has 1 saturated heterocycles. The Hall–Kier alpha value is -0.120. The van der Waals surface area contributed by atoms with Gasteiger partial charge in [-0.3, -0.25) is 4.90 Å². The average Bonchev–Trinajstić information content (AvgIpc) is 2.17. The Bertz CT molecular complexity index is 161. The summed E-state index contributed by atoms with van der Waals surface area (Å²) in [4.78, 5) is 5.05. The molecule has 1 aliphatic heterocycles. The molecule has 0 spiro atoms. The summed E-state index contributed by atoms with van der Waals surface area (Å²) < 4.78 is 5.29. The van der Waals surface area contributed by atoms with Crippen molar-refractivity contribution in [2.24, 2.45) is 0 Å². The molecular weight excluding hydrogens is 176 g/mol. The molecule has 0 aromatic heterocycles. The van der Waals surface area contributed by atoms with Crippen LogP contribution in [0.1, 0.15) is 20.8 Å². The standard InChI is InChI=1S/C11H24N2O/c1-5-12-6-7-13(10(2)3)11(8-12)9-14-4/h10-11H,5-9H2,1-4H3. The first kappa shape index (κ1) is 12.0. The Morgan fingerprint density at radius 3 is 2.57 bits per heavy atom. The van der Waals surface area contributed by atoms with E-state index in [2.05, 4.69) is 30.6 Å². The van der Waals surface area contributed by atoms with E-state index in [1.165, 1.54) is 13.1 Å². The fourth-order valence-corrected chi connectivity index (χ4v) is 2.24. The lowest BCUT2D eigenvalue weighted by molar-refractivity contribution is 0.0101. The molecule has 14 heavy (non-hydrogen) atoms. The topological polar surface area (TPSA) is 15.7 Å². The third-order valence-corrected chi connectivity index (χ3v) is 3.08. The zero-order chi connectivity index (χ0) is 10.6. The second kappa shape index (κ2) is 5.69. The predicted octanol–water partition coefficient (Wildman–Crippen LogP) is 1.05. The van der Waals surface area contributed by atoms with Gasteiger partial charge in [-0.05, 0) is 20.4 Å². The summed E-state index contributed by atoms with van der Waals surface area (Å²) in [6.45, 7) is 12.3. The van der Waals surface area contributed by atoms with E-state index in [0.717, 1.165) is 19.7 Å². The predicted molar refractivity (Wildman–Crippen MR) is 59.6 cm³/mol. The quantitative estimate of drug-likeness (QED) is 0.674. The number of rotatable bonds is 4. The van der Waals surface area contributed by atoms with Gasteiger partial charge in [0.15, 0.2) is 0 Å². The number of likely N-dealkylation sites (N-methyl/N-ethyl adjacent to an activating group) is 1. The first-order chi connectivity index (χ1) is 6.69. The molecule has 0 saturated carbocycles. The minimum absolute atomic E-state index is 0.577. The number of nitrogens with zero attached hydrogens (tertiary/aromatic N) is 2. The highest BCUT2D eigenvalue weighted by molar-refractivity contribution is 4.83. The second-order valence-corrected chi connectivity index (χ2v) is 4.33. The fraction of sp³-hybridized carbons (Fsp3) is 1.00. The second-order valence-electron chi connectivity index (χ2n) is 4.33. The molecule has 0 bridgehead atoms. The van der Waals surface area contributed by atoms with Crippen LogP contribution in [0.4, 0.5) is 0 Å². The monoisotopic (exact) mass is 200 g/mol. The van der Waals surface area contributed by atoms with Crippen LogP contribution in [0.2, 0.25) is 0 Å². The molecule has 84 valence electrons. The first-order valence-corrected chi connectivity index (χ1v) is 5.66. The molecule has 3 heteroatoms. The molecule has 1 aliphatic rings. The van der Waals surface area contributed by atoms with E-state index >= 15 is 0 Å². The summed E-state index contributed by atoms with van der Waals surface area (Å²) in [5.41, 5.74) is 0. The van der Waals surface area contributed by atoms with Gasteiger partial charge in [-0.2, -0.15) is 0 Å². The van der Waals surface area contributed by atoms with Gasteiger partial charge in [-0.25, -0.2) is 0 Å². The van der Waals surface area contributed by atoms with Crippen LogP contribution in [0.3, 0.4) is 0 Å². The summed E-state index contributed by atoms with van der Waals surface area (Å²) in [5.74, 6) is 0. The molecule has 0 radical (unpaired) electrons. The highest BCUT2D eigenvalue weighted by Gasteiger charge is 2.27. The van der Waals surface area contributed by atoms with Gasteiger partial charge >= 0.3 is 0 Å². The molecule has 1 fully saturated rings. The van der Waals surface area contributed by atoms with Crippen molar-refractivity contribution in [3.05, 3.63) is 0 Å². The van der Waals surface area contributed by atoms with E-state index in [1.54, 1.807) is 7.11 Å². The summed E-state index contributed by atoms with van der Waals surface area (Å²) >= 11 is 0. The van der Waals surface area contributed by atoms with Crippen molar-refractivity contribution in [2.75, 3.05) is 39.9 Å². The SMILES string of the molecule is CCN1CCN(C(C)C)C(COC)C1. The van der Waals surface area contributed by atoms with Crippen molar-refractivity contribution in [3.63, 3.8) is 0 Å². The maximum Gasteiger partial charge on any atom is 0.0630 e. The van der Waals surface area contributed by atoms with Crippen LogP contribution < -0.4 is 0 Å². The lowest BCUT2D eigenvalue weighted by Crippen LogP contribution is -2.56. The van der Waals surface area contributed by atoms with Gasteiger partial charge in [0.05, 0.1) is 6.61 Å². The van der Waals surface area contributed by atoms with Gasteiger partial charge in [0, 0.05) is 38.8 Å². The van der Waals surface area contributed by atoms with Crippen molar-refractivity contribution < 1.29 is 4.74 Å². The lowest BCUT2D eigenvalue weighted by Gasteiger charge is -2.43. The van der Waals surface area contributed by atoms with Crippen LogP contribution in [-0.2, 0) is 4.74 Å². The molecule has 0 aromatic carbocycles. The Labute approximate surface area is 88.0 Å². The maximum absolute atomic E-state index is 5.29. The van der Waals surface area contributed by atoms with Gasteiger partial charge in [0.25, 0.3) is 0 Å². The number of ether oxygens (including phenoxy) is 1. The van der Waals surface area contributed by atoms with Crippen molar-refractivity contribution in [1.82, 2.24) is 9.80 Å². The highest BCUT2D eigenvalue weighted by Crippen LogP contribution is 2.13. The zero-order valence-electron chi connectivity index (χ0n) is 9.99. The van der Waals surface area contributed by atoms with Gasteiger partial charge in [-0.15, -0.1) is 0 Å². The van der Waals surface area contributed by atoms with Crippen LogP contribution in [0.25, 0.3) is 0 Å². The van der Waals surface area contributed by atoms with Crippen molar-refractivity contribution in [2.45, 2.75) is 32.9 Å². The summed E-state index contributed by atoms with van der Waals surface area (Å²) in [6, 6.07) is 1.21. The lowest BCUT2D eigenvalue weighted by atomic mass is 10.1. The van der Waals surface area contributed by atoms with Crippen molar-refractivity contribution in [3.8, 4) is 0 Å². The minimum atomic E-state index is 0.577. The molecule has 3 nitrogen and oxygen atoms in total. The molecule has 0 aromatic rings. The number of piperazine rings is 1. The van der Waals surface area contributed by atoms with E-state index in [9.17, 15) is 0 Å². The van der Waals surface area contributed by atoms with Crippen LogP contribution in [0, 0.1) is 0 Å². The molecule has 1 atom stereocenters. The summed E-state index contributed by atoms with van der Waals surface area (Å²) in [6.07, 6.45) is 0. The van der Waals surface area contributed by atoms with Gasteiger partial charge in [-0.1, -0.05) is 6.92 Å². The average molecular weight is 200 g/mol. The molecule has 1 unspecified atom stereocenters. The van der Waals surface area contributed by atoms with E-state index in [4.69, 9.17) is 4.74 Å². The Balaban J connectivity index is 2.51. The Morgan fingerprint density at radius 2 is 2.07 bits per heavy atom. The molecule has 1 rings (SSSR count). The van der Waals surface area contributed by atoms with Crippen LogP contribution >= 0.6 is 0 Å². The highest BCUT2D eigenvalue weighted by atomic mass is 16.5. The van der Waals surface area contributed by atoms with Gasteiger partial charge in [0.1, 0.15) is 0 Å². The normalized spacial score (nSPS) is 25.9. The third kappa shape index (κ3) is 2.94. The van der Waals surface area contributed by atoms with Gasteiger partial charge < -0.3 is 9.64 Å². The number of hydrogen-bond acceptors (Lipinski definition) is 3. The smallest absolute Gasteiger partial charge is 0.0630 e. The third-order valence-electron chi connectivity index (χ3n) is 3.08. The minimum Gasteiger partial charge on any atom is -0.383 e. The summed E-state index contributed by atoms with van der Waals surface area (Å²) in [5, 5.41) is 0. The molecule has 0 aliphatic carbocycles. The first-order valence-electron chi connectivity index (χ1n) is 5.66. The molecule has 0 amide bonds. The van der Waals surface area contributed by atoms with Crippen LogP contribution in [-0.4, -0.2) is 61.8 Å². The zero-order valence-corrected chi connectivity index (χ0v) is 9.99. The molecule has 0 N–H and O–H groups in total. The molecule has 1 heterocycles.